The molecule has 0 saturated heterocycles. The summed E-state index contributed by atoms with van der Waals surface area (Å²) in [6.45, 7) is 4.31. The molecule has 1 aliphatic rings. The Hall–Kier alpha value is -1.76. The predicted octanol–water partition coefficient (Wildman–Crippen LogP) is 2.20. The standard InChI is InChI=1S/C17H23N3O3/c1-10(2)9-13-14-18-12-8-6-5-7-11(12)16(21)20(14)15(19-13)17(22-3)23-4/h5-8,10,13,15,17,19H,9H2,1-4H3. The van der Waals surface area contributed by atoms with Crippen LogP contribution >= 0.6 is 0 Å². The van der Waals surface area contributed by atoms with Gasteiger partial charge in [-0.2, -0.15) is 0 Å². The minimum atomic E-state index is -0.549. The van der Waals surface area contributed by atoms with Crippen molar-refractivity contribution in [1.82, 2.24) is 14.9 Å². The molecule has 0 fully saturated rings. The Kier molecular flexibility index (Phi) is 4.48. The summed E-state index contributed by atoms with van der Waals surface area (Å²) in [5, 5.41) is 4.07. The number of methoxy groups -OCH3 is 2. The molecule has 124 valence electrons. The van der Waals surface area contributed by atoms with Gasteiger partial charge in [0.25, 0.3) is 5.56 Å². The molecule has 0 aliphatic carbocycles. The molecule has 23 heavy (non-hydrogen) atoms. The average molecular weight is 317 g/mol. The van der Waals surface area contributed by atoms with Crippen molar-refractivity contribution < 1.29 is 9.47 Å². The first-order valence-electron chi connectivity index (χ1n) is 7.89. The molecule has 2 heterocycles. The highest BCUT2D eigenvalue weighted by molar-refractivity contribution is 5.77. The SMILES string of the molecule is COC(OC)C1NC(CC(C)C)c2nc3ccccc3c(=O)n21. The van der Waals surface area contributed by atoms with Gasteiger partial charge in [0.05, 0.1) is 16.9 Å². The molecular weight excluding hydrogens is 294 g/mol. The normalized spacial score (nSPS) is 20.6. The van der Waals surface area contributed by atoms with Crippen LogP contribution in [0.2, 0.25) is 0 Å². The van der Waals surface area contributed by atoms with E-state index in [2.05, 4.69) is 19.2 Å². The predicted molar refractivity (Wildman–Crippen MR) is 88.2 cm³/mol. The second kappa shape index (κ2) is 6.39. The van der Waals surface area contributed by atoms with Crippen LogP contribution in [0.3, 0.4) is 0 Å². The van der Waals surface area contributed by atoms with Crippen molar-refractivity contribution >= 4 is 10.9 Å². The van der Waals surface area contributed by atoms with Gasteiger partial charge in [-0.25, -0.2) is 4.98 Å². The maximum Gasteiger partial charge on any atom is 0.262 e. The number of para-hydroxylation sites is 1. The second-order valence-electron chi connectivity index (χ2n) is 6.30. The molecule has 2 aromatic rings. The monoisotopic (exact) mass is 317 g/mol. The Morgan fingerprint density at radius 3 is 2.61 bits per heavy atom. The summed E-state index contributed by atoms with van der Waals surface area (Å²) in [6.07, 6.45) is -0.0403. The van der Waals surface area contributed by atoms with Gasteiger partial charge in [0.2, 0.25) is 0 Å². The zero-order valence-electron chi connectivity index (χ0n) is 13.9. The minimum absolute atomic E-state index is 0.00473. The van der Waals surface area contributed by atoms with Crippen LogP contribution in [0, 0.1) is 5.92 Å². The minimum Gasteiger partial charge on any atom is -0.353 e. The second-order valence-corrected chi connectivity index (χ2v) is 6.30. The summed E-state index contributed by atoms with van der Waals surface area (Å²) in [6, 6.07) is 7.44. The van der Waals surface area contributed by atoms with Crippen molar-refractivity contribution in [3.63, 3.8) is 0 Å². The van der Waals surface area contributed by atoms with E-state index in [9.17, 15) is 4.79 Å². The van der Waals surface area contributed by atoms with Crippen LogP contribution in [-0.4, -0.2) is 30.1 Å². The number of ether oxygens (including phenoxy) is 2. The number of hydrogen-bond donors (Lipinski definition) is 1. The molecule has 0 radical (unpaired) electrons. The molecule has 1 aromatic heterocycles. The van der Waals surface area contributed by atoms with E-state index in [1.807, 2.05) is 18.2 Å². The van der Waals surface area contributed by atoms with Gasteiger partial charge in [-0.3, -0.25) is 14.7 Å². The van der Waals surface area contributed by atoms with Crippen molar-refractivity contribution in [2.24, 2.45) is 5.92 Å². The van der Waals surface area contributed by atoms with Gasteiger partial charge >= 0.3 is 0 Å². The molecule has 2 unspecified atom stereocenters. The summed E-state index contributed by atoms with van der Waals surface area (Å²) >= 11 is 0. The maximum absolute atomic E-state index is 13.0. The third-order valence-corrected chi connectivity index (χ3v) is 4.23. The fraction of sp³-hybridized carbons (Fsp3) is 0.529. The molecular formula is C17H23N3O3. The Morgan fingerprint density at radius 2 is 1.96 bits per heavy atom. The zero-order valence-corrected chi connectivity index (χ0v) is 13.9. The van der Waals surface area contributed by atoms with Crippen molar-refractivity contribution in [1.29, 1.82) is 0 Å². The Balaban J connectivity index is 2.19. The zero-order chi connectivity index (χ0) is 16.6. The smallest absolute Gasteiger partial charge is 0.262 e. The lowest BCUT2D eigenvalue weighted by Gasteiger charge is -2.23. The number of fused-ring (bicyclic) bond motifs is 2. The number of rotatable bonds is 5. The molecule has 0 spiro atoms. The van der Waals surface area contributed by atoms with E-state index in [0.717, 1.165) is 17.8 Å². The highest BCUT2D eigenvalue weighted by Gasteiger charge is 2.38. The van der Waals surface area contributed by atoms with Gasteiger partial charge in [-0.15, -0.1) is 0 Å². The van der Waals surface area contributed by atoms with Crippen LogP contribution in [0.15, 0.2) is 29.1 Å². The summed E-state index contributed by atoms with van der Waals surface area (Å²) in [5.74, 6) is 1.23. The van der Waals surface area contributed by atoms with Gasteiger partial charge < -0.3 is 9.47 Å². The fourth-order valence-corrected chi connectivity index (χ4v) is 3.23. The van der Waals surface area contributed by atoms with E-state index < -0.39 is 6.29 Å². The first kappa shape index (κ1) is 16.1. The largest absolute Gasteiger partial charge is 0.353 e. The summed E-state index contributed by atoms with van der Waals surface area (Å²) in [5.41, 5.74) is 0.666. The quantitative estimate of drug-likeness (QED) is 0.857. The summed E-state index contributed by atoms with van der Waals surface area (Å²) in [4.78, 5) is 17.7. The van der Waals surface area contributed by atoms with Crippen LogP contribution in [-0.2, 0) is 9.47 Å². The molecule has 3 rings (SSSR count). The number of nitrogens with one attached hydrogen (secondary N) is 1. The lowest BCUT2D eigenvalue weighted by Crippen LogP contribution is -2.38. The molecule has 0 amide bonds. The van der Waals surface area contributed by atoms with E-state index in [-0.39, 0.29) is 17.8 Å². The third-order valence-electron chi connectivity index (χ3n) is 4.23. The van der Waals surface area contributed by atoms with Crippen molar-refractivity contribution in [2.75, 3.05) is 14.2 Å². The lowest BCUT2D eigenvalue weighted by molar-refractivity contribution is -0.137. The van der Waals surface area contributed by atoms with Crippen LogP contribution in [0.25, 0.3) is 10.9 Å². The van der Waals surface area contributed by atoms with Gasteiger partial charge in [-0.1, -0.05) is 26.0 Å². The highest BCUT2D eigenvalue weighted by atomic mass is 16.7. The highest BCUT2D eigenvalue weighted by Crippen LogP contribution is 2.31. The summed E-state index contributed by atoms with van der Waals surface area (Å²) in [7, 11) is 3.15. The van der Waals surface area contributed by atoms with E-state index in [1.54, 1.807) is 24.9 Å². The van der Waals surface area contributed by atoms with Crippen LogP contribution in [0.5, 0.6) is 0 Å². The molecule has 6 heteroatoms. The van der Waals surface area contributed by atoms with Crippen LogP contribution < -0.4 is 10.9 Å². The first-order chi connectivity index (χ1) is 11.1. The Labute approximate surface area is 135 Å². The van der Waals surface area contributed by atoms with Gasteiger partial charge in [0.1, 0.15) is 12.0 Å². The Bertz CT molecular complexity index is 752. The van der Waals surface area contributed by atoms with Crippen molar-refractivity contribution in [3.05, 3.63) is 40.4 Å². The van der Waals surface area contributed by atoms with Crippen LogP contribution in [0.1, 0.15) is 38.3 Å². The molecule has 6 nitrogen and oxygen atoms in total. The Morgan fingerprint density at radius 1 is 1.26 bits per heavy atom. The van der Waals surface area contributed by atoms with E-state index in [1.165, 1.54) is 0 Å². The first-order valence-corrected chi connectivity index (χ1v) is 7.89. The third kappa shape index (κ3) is 2.78. The van der Waals surface area contributed by atoms with E-state index >= 15 is 0 Å². The average Bonchev–Trinajstić information content (AvgIpc) is 2.87. The fourth-order valence-electron chi connectivity index (χ4n) is 3.23. The number of hydrogen-bond acceptors (Lipinski definition) is 5. The number of benzene rings is 1. The molecule has 2 atom stereocenters. The van der Waals surface area contributed by atoms with Crippen molar-refractivity contribution in [3.8, 4) is 0 Å². The topological polar surface area (TPSA) is 65.4 Å². The maximum atomic E-state index is 13.0. The number of aromatic nitrogens is 2. The van der Waals surface area contributed by atoms with E-state index in [4.69, 9.17) is 14.5 Å². The summed E-state index contributed by atoms with van der Waals surface area (Å²) < 4.78 is 12.5. The lowest BCUT2D eigenvalue weighted by atomic mass is 10.0. The van der Waals surface area contributed by atoms with Gasteiger partial charge in [0, 0.05) is 14.2 Å². The molecule has 0 saturated carbocycles. The number of nitrogens with zero attached hydrogens (tertiary/aromatic N) is 2. The van der Waals surface area contributed by atoms with Crippen molar-refractivity contribution in [2.45, 2.75) is 38.8 Å². The van der Waals surface area contributed by atoms with Gasteiger partial charge in [0.15, 0.2) is 6.29 Å². The molecule has 1 N–H and O–H groups in total. The molecule has 1 aliphatic heterocycles. The molecule has 0 bridgehead atoms. The van der Waals surface area contributed by atoms with Gasteiger partial charge in [-0.05, 0) is 24.5 Å². The van der Waals surface area contributed by atoms with Crippen LogP contribution in [0.4, 0.5) is 0 Å². The van der Waals surface area contributed by atoms with E-state index in [0.29, 0.717) is 11.3 Å². The molecule has 1 aromatic carbocycles.